The highest BCUT2D eigenvalue weighted by Gasteiger charge is 2.17. The van der Waals surface area contributed by atoms with Crippen LogP contribution in [0, 0.1) is 19.3 Å². The van der Waals surface area contributed by atoms with E-state index in [4.69, 9.17) is 5.73 Å². The molecule has 20 heavy (non-hydrogen) atoms. The first-order valence-corrected chi connectivity index (χ1v) is 7.29. The molecule has 0 aliphatic heterocycles. The second-order valence-electron chi connectivity index (χ2n) is 6.90. The minimum absolute atomic E-state index is 0.213. The van der Waals surface area contributed by atoms with Crippen LogP contribution >= 0.6 is 0 Å². The van der Waals surface area contributed by atoms with Gasteiger partial charge in [-0.15, -0.1) is 0 Å². The molecule has 0 atom stereocenters. The molecular weight excluding hydrogens is 248 g/mol. The minimum atomic E-state index is -0.221. The van der Waals surface area contributed by atoms with Gasteiger partial charge in [-0.2, -0.15) is 0 Å². The van der Waals surface area contributed by atoms with E-state index in [1.807, 2.05) is 0 Å². The molecule has 0 saturated heterocycles. The third-order valence-electron chi connectivity index (χ3n) is 3.09. The van der Waals surface area contributed by atoms with Crippen LogP contribution in [0.25, 0.3) is 0 Å². The normalized spacial score (nSPS) is 11.4. The molecular formula is C17H28N2O. The fourth-order valence-corrected chi connectivity index (χ4v) is 2.45. The van der Waals surface area contributed by atoms with Crippen molar-refractivity contribution < 1.29 is 4.79 Å². The summed E-state index contributed by atoms with van der Waals surface area (Å²) in [5, 5.41) is 0. The van der Waals surface area contributed by atoms with E-state index >= 15 is 0 Å². The Bertz CT molecular complexity index is 440. The van der Waals surface area contributed by atoms with Gasteiger partial charge < -0.3 is 10.6 Å². The molecule has 1 aromatic carbocycles. The lowest BCUT2D eigenvalue weighted by Gasteiger charge is -2.32. The van der Waals surface area contributed by atoms with Crippen molar-refractivity contribution in [1.82, 2.24) is 0 Å². The molecule has 0 aliphatic carbocycles. The number of carbonyl (C=O) groups is 1. The minimum Gasteiger partial charge on any atom is -0.371 e. The van der Waals surface area contributed by atoms with Gasteiger partial charge in [0.1, 0.15) is 0 Å². The zero-order chi connectivity index (χ0) is 15.3. The van der Waals surface area contributed by atoms with Crippen LogP contribution in [0.4, 0.5) is 5.69 Å². The predicted octanol–water partition coefficient (Wildman–Crippen LogP) is 3.42. The van der Waals surface area contributed by atoms with Crippen molar-refractivity contribution in [2.24, 2.45) is 11.1 Å². The van der Waals surface area contributed by atoms with Crippen molar-refractivity contribution >= 4 is 11.6 Å². The first-order chi connectivity index (χ1) is 9.17. The third kappa shape index (κ3) is 6.09. The van der Waals surface area contributed by atoms with Gasteiger partial charge in [0.2, 0.25) is 5.91 Å². The van der Waals surface area contributed by atoms with Gasteiger partial charge in [0.15, 0.2) is 0 Å². The van der Waals surface area contributed by atoms with Gasteiger partial charge >= 0.3 is 0 Å². The third-order valence-corrected chi connectivity index (χ3v) is 3.09. The van der Waals surface area contributed by atoms with E-state index in [2.05, 4.69) is 57.7 Å². The van der Waals surface area contributed by atoms with Crippen LogP contribution in [0.5, 0.6) is 0 Å². The van der Waals surface area contributed by atoms with Gasteiger partial charge in [-0.1, -0.05) is 26.8 Å². The van der Waals surface area contributed by atoms with Gasteiger partial charge in [0.25, 0.3) is 0 Å². The van der Waals surface area contributed by atoms with E-state index in [0.717, 1.165) is 19.5 Å². The fraction of sp³-hybridized carbons (Fsp3) is 0.588. The van der Waals surface area contributed by atoms with Crippen LogP contribution in [0.2, 0.25) is 0 Å². The summed E-state index contributed by atoms with van der Waals surface area (Å²) in [7, 11) is 0. The first kappa shape index (κ1) is 16.5. The Kier molecular flexibility index (Phi) is 5.61. The fourth-order valence-electron chi connectivity index (χ4n) is 2.45. The summed E-state index contributed by atoms with van der Waals surface area (Å²) < 4.78 is 0. The van der Waals surface area contributed by atoms with Crippen molar-refractivity contribution in [1.29, 1.82) is 0 Å². The SMILES string of the molecule is Cc1cc(C)cc(N(CCCC(N)=O)CC(C)(C)C)c1. The number of anilines is 1. The summed E-state index contributed by atoms with van der Waals surface area (Å²) in [5.74, 6) is -0.221. The van der Waals surface area contributed by atoms with Crippen molar-refractivity contribution in [2.75, 3.05) is 18.0 Å². The molecule has 0 heterocycles. The summed E-state index contributed by atoms with van der Waals surface area (Å²) in [4.78, 5) is 13.3. The number of nitrogens with zero attached hydrogens (tertiary/aromatic N) is 1. The molecule has 2 N–H and O–H groups in total. The molecule has 0 aliphatic rings. The van der Waals surface area contributed by atoms with Crippen molar-refractivity contribution in [2.45, 2.75) is 47.5 Å². The van der Waals surface area contributed by atoms with Gasteiger partial charge in [0, 0.05) is 25.2 Å². The van der Waals surface area contributed by atoms with E-state index in [0.29, 0.717) is 6.42 Å². The standard InChI is InChI=1S/C17H28N2O/c1-13-9-14(2)11-15(10-13)19(12-17(3,4)5)8-6-7-16(18)20/h9-11H,6-8,12H2,1-5H3,(H2,18,20). The topological polar surface area (TPSA) is 46.3 Å². The maximum Gasteiger partial charge on any atom is 0.217 e. The Morgan fingerprint density at radius 1 is 1.15 bits per heavy atom. The quantitative estimate of drug-likeness (QED) is 0.865. The smallest absolute Gasteiger partial charge is 0.217 e. The van der Waals surface area contributed by atoms with Crippen molar-refractivity contribution in [3.63, 3.8) is 0 Å². The Hall–Kier alpha value is -1.51. The average molecular weight is 276 g/mol. The number of primary amides is 1. The summed E-state index contributed by atoms with van der Waals surface area (Å²) in [6, 6.07) is 6.61. The molecule has 0 spiro atoms. The van der Waals surface area contributed by atoms with Crippen LogP contribution in [-0.2, 0) is 4.79 Å². The lowest BCUT2D eigenvalue weighted by atomic mass is 9.95. The van der Waals surface area contributed by atoms with E-state index < -0.39 is 0 Å². The summed E-state index contributed by atoms with van der Waals surface area (Å²) in [6.45, 7) is 12.8. The number of amides is 1. The number of aryl methyl sites for hydroxylation is 2. The van der Waals surface area contributed by atoms with Crippen LogP contribution in [0.1, 0.15) is 44.7 Å². The molecule has 3 nitrogen and oxygen atoms in total. The Balaban J connectivity index is 2.87. The molecule has 0 unspecified atom stereocenters. The van der Waals surface area contributed by atoms with Gasteiger partial charge in [-0.05, 0) is 48.9 Å². The zero-order valence-electron chi connectivity index (χ0n) is 13.5. The molecule has 1 rings (SSSR count). The van der Waals surface area contributed by atoms with E-state index in [1.165, 1.54) is 16.8 Å². The van der Waals surface area contributed by atoms with E-state index in [1.54, 1.807) is 0 Å². The maximum atomic E-state index is 10.9. The van der Waals surface area contributed by atoms with E-state index in [9.17, 15) is 4.79 Å². The highest BCUT2D eigenvalue weighted by molar-refractivity contribution is 5.73. The number of carbonyl (C=O) groups excluding carboxylic acids is 1. The predicted molar refractivity (Wildman–Crippen MR) is 86.0 cm³/mol. The molecule has 0 aromatic heterocycles. The lowest BCUT2D eigenvalue weighted by molar-refractivity contribution is -0.118. The molecule has 1 aromatic rings. The Morgan fingerprint density at radius 3 is 2.15 bits per heavy atom. The molecule has 0 fully saturated rings. The molecule has 1 amide bonds. The summed E-state index contributed by atoms with van der Waals surface area (Å²) in [6.07, 6.45) is 1.25. The number of benzene rings is 1. The number of hydrogen-bond donors (Lipinski definition) is 1. The van der Waals surface area contributed by atoms with Gasteiger partial charge in [-0.3, -0.25) is 4.79 Å². The van der Waals surface area contributed by atoms with Crippen LogP contribution in [0.15, 0.2) is 18.2 Å². The summed E-state index contributed by atoms with van der Waals surface area (Å²) >= 11 is 0. The maximum absolute atomic E-state index is 10.9. The highest BCUT2D eigenvalue weighted by atomic mass is 16.1. The second-order valence-corrected chi connectivity index (χ2v) is 6.90. The number of rotatable bonds is 6. The lowest BCUT2D eigenvalue weighted by Crippen LogP contribution is -2.34. The van der Waals surface area contributed by atoms with E-state index in [-0.39, 0.29) is 11.3 Å². The second kappa shape index (κ2) is 6.78. The van der Waals surface area contributed by atoms with Crippen molar-refractivity contribution in [3.05, 3.63) is 29.3 Å². The van der Waals surface area contributed by atoms with Gasteiger partial charge in [-0.25, -0.2) is 0 Å². The highest BCUT2D eigenvalue weighted by Crippen LogP contribution is 2.24. The summed E-state index contributed by atoms with van der Waals surface area (Å²) in [5.41, 5.74) is 9.23. The number of hydrogen-bond acceptors (Lipinski definition) is 2. The largest absolute Gasteiger partial charge is 0.371 e. The molecule has 0 bridgehead atoms. The van der Waals surface area contributed by atoms with Crippen LogP contribution in [-0.4, -0.2) is 19.0 Å². The molecule has 112 valence electrons. The average Bonchev–Trinajstić information content (AvgIpc) is 2.24. The Labute approximate surface area is 123 Å². The monoisotopic (exact) mass is 276 g/mol. The first-order valence-electron chi connectivity index (χ1n) is 7.29. The molecule has 3 heteroatoms. The zero-order valence-corrected chi connectivity index (χ0v) is 13.5. The molecule has 0 radical (unpaired) electrons. The molecule has 0 saturated carbocycles. The van der Waals surface area contributed by atoms with Crippen LogP contribution < -0.4 is 10.6 Å². The van der Waals surface area contributed by atoms with Crippen molar-refractivity contribution in [3.8, 4) is 0 Å². The van der Waals surface area contributed by atoms with Crippen LogP contribution in [0.3, 0.4) is 0 Å². The van der Waals surface area contributed by atoms with Gasteiger partial charge in [0.05, 0.1) is 0 Å². The number of nitrogens with two attached hydrogens (primary N) is 1. The Morgan fingerprint density at radius 2 is 1.70 bits per heavy atom.